The molecule has 1 aromatic heterocycles. The molecule has 2 N–H and O–H groups in total. The number of aromatic nitrogens is 1. The van der Waals surface area contributed by atoms with E-state index < -0.39 is 0 Å². The number of aryl methyl sites for hydroxylation is 1. The number of guanidine groups is 1. The molecule has 0 bridgehead atoms. The van der Waals surface area contributed by atoms with Crippen molar-refractivity contribution >= 4 is 47.2 Å². The van der Waals surface area contributed by atoms with Gasteiger partial charge in [0, 0.05) is 50.1 Å². The second-order valence-corrected chi connectivity index (χ2v) is 10.0. The molecule has 0 spiro atoms. The first-order chi connectivity index (χ1) is 15.0. The molecule has 32 heavy (non-hydrogen) atoms. The van der Waals surface area contributed by atoms with Crippen molar-refractivity contribution in [3.8, 4) is 0 Å². The van der Waals surface area contributed by atoms with Crippen LogP contribution in [0.1, 0.15) is 57.7 Å². The quantitative estimate of drug-likeness (QED) is 0.282. The molecule has 1 unspecified atom stereocenters. The summed E-state index contributed by atoms with van der Waals surface area (Å²) in [5.74, 6) is 1.84. The predicted octanol–water partition coefficient (Wildman–Crippen LogP) is 3.35. The number of nitrogens with zero attached hydrogens (tertiary/aromatic N) is 4. The second-order valence-electron chi connectivity index (χ2n) is 9.09. The molecule has 2 aliphatic heterocycles. The number of amides is 1. The molecule has 2 aliphatic rings. The molecule has 7 nitrogen and oxygen atoms in total. The maximum atomic E-state index is 12.2. The van der Waals surface area contributed by atoms with Crippen molar-refractivity contribution in [3.63, 3.8) is 0 Å². The minimum atomic E-state index is 0. The Kier molecular flexibility index (Phi) is 11.7. The lowest BCUT2D eigenvalue weighted by molar-refractivity contribution is -0.133. The Morgan fingerprint density at radius 3 is 2.62 bits per heavy atom. The van der Waals surface area contributed by atoms with Gasteiger partial charge in [-0.05, 0) is 51.6 Å². The average Bonchev–Trinajstić information content (AvgIpc) is 3.42. The van der Waals surface area contributed by atoms with E-state index in [9.17, 15) is 4.79 Å². The molecule has 0 aromatic carbocycles. The fourth-order valence-corrected chi connectivity index (χ4v) is 5.05. The normalized spacial score (nSPS) is 20.5. The van der Waals surface area contributed by atoms with Crippen molar-refractivity contribution in [2.45, 2.75) is 66.0 Å². The zero-order valence-electron chi connectivity index (χ0n) is 20.1. The number of likely N-dealkylation sites (tertiary alicyclic amines) is 2. The van der Waals surface area contributed by atoms with Crippen molar-refractivity contribution in [1.29, 1.82) is 0 Å². The first kappa shape index (κ1) is 27.3. The van der Waals surface area contributed by atoms with E-state index in [4.69, 9.17) is 9.98 Å². The van der Waals surface area contributed by atoms with E-state index in [1.165, 1.54) is 23.5 Å². The van der Waals surface area contributed by atoms with E-state index >= 15 is 0 Å². The van der Waals surface area contributed by atoms with Gasteiger partial charge in [-0.2, -0.15) is 0 Å². The van der Waals surface area contributed by atoms with Crippen molar-refractivity contribution in [2.75, 3.05) is 39.3 Å². The molecule has 0 saturated carbocycles. The highest BCUT2D eigenvalue weighted by molar-refractivity contribution is 14.0. The van der Waals surface area contributed by atoms with Crippen LogP contribution in [0.4, 0.5) is 0 Å². The molecule has 2 saturated heterocycles. The number of rotatable bonds is 8. The number of hydrogen-bond donors (Lipinski definition) is 2. The third-order valence-corrected chi connectivity index (χ3v) is 7.22. The Balaban J connectivity index is 0.00000363. The first-order valence-electron chi connectivity index (χ1n) is 12.0. The molecule has 1 aromatic rings. The highest BCUT2D eigenvalue weighted by Gasteiger charge is 2.28. The summed E-state index contributed by atoms with van der Waals surface area (Å²) in [4.78, 5) is 26.3. The highest BCUT2D eigenvalue weighted by atomic mass is 127. The van der Waals surface area contributed by atoms with Crippen molar-refractivity contribution in [1.82, 2.24) is 25.4 Å². The van der Waals surface area contributed by atoms with E-state index in [1.54, 1.807) is 11.3 Å². The second kappa shape index (κ2) is 13.7. The van der Waals surface area contributed by atoms with Crippen LogP contribution >= 0.6 is 35.3 Å². The Bertz CT molecular complexity index is 732. The number of thiazole rings is 1. The van der Waals surface area contributed by atoms with Gasteiger partial charge in [0.1, 0.15) is 0 Å². The number of carbonyl (C=O) groups excluding carboxylic acids is 1. The van der Waals surface area contributed by atoms with E-state index in [2.05, 4.69) is 34.8 Å². The predicted molar refractivity (Wildman–Crippen MR) is 144 cm³/mol. The minimum Gasteiger partial charge on any atom is -0.357 e. The van der Waals surface area contributed by atoms with Gasteiger partial charge in [0.25, 0.3) is 0 Å². The monoisotopic (exact) mass is 576 g/mol. The number of piperidine rings is 1. The van der Waals surface area contributed by atoms with Crippen LogP contribution in [0, 0.1) is 11.8 Å². The van der Waals surface area contributed by atoms with Gasteiger partial charge in [-0.3, -0.25) is 14.7 Å². The van der Waals surface area contributed by atoms with Crippen LogP contribution in [0.3, 0.4) is 0 Å². The molecule has 1 amide bonds. The molecule has 1 atom stereocenters. The molecule has 9 heteroatoms. The highest BCUT2D eigenvalue weighted by Crippen LogP contribution is 2.20. The van der Waals surface area contributed by atoms with E-state index in [1.807, 2.05) is 18.7 Å². The molecule has 3 rings (SSSR count). The number of nitrogens with one attached hydrogen (secondary N) is 2. The minimum absolute atomic E-state index is 0. The van der Waals surface area contributed by atoms with E-state index in [-0.39, 0.29) is 41.8 Å². The summed E-state index contributed by atoms with van der Waals surface area (Å²) in [6, 6.07) is 0.286. The lowest BCUT2D eigenvalue weighted by Gasteiger charge is -2.31. The summed E-state index contributed by atoms with van der Waals surface area (Å²) in [6.45, 7) is 14.8. The van der Waals surface area contributed by atoms with E-state index in [0.717, 1.165) is 64.6 Å². The Morgan fingerprint density at radius 1 is 1.25 bits per heavy atom. The van der Waals surface area contributed by atoms with Crippen molar-refractivity contribution < 1.29 is 4.79 Å². The van der Waals surface area contributed by atoms with Gasteiger partial charge in [-0.25, -0.2) is 4.98 Å². The number of hydrogen-bond acceptors (Lipinski definition) is 5. The molecule has 182 valence electrons. The third-order valence-electron chi connectivity index (χ3n) is 6.18. The molecule has 0 aliphatic carbocycles. The van der Waals surface area contributed by atoms with Crippen molar-refractivity contribution in [3.05, 3.63) is 16.1 Å². The van der Waals surface area contributed by atoms with Gasteiger partial charge in [0.05, 0.1) is 10.7 Å². The topological polar surface area (TPSA) is 72.9 Å². The fourth-order valence-electron chi connectivity index (χ4n) is 4.32. The van der Waals surface area contributed by atoms with E-state index in [0.29, 0.717) is 5.92 Å². The molecule has 2 fully saturated rings. The van der Waals surface area contributed by atoms with Crippen LogP contribution in [0.5, 0.6) is 0 Å². The maximum absolute atomic E-state index is 12.2. The number of halogens is 1. The van der Waals surface area contributed by atoms with Gasteiger partial charge in [0.15, 0.2) is 5.96 Å². The number of carbonyl (C=O) groups is 1. The van der Waals surface area contributed by atoms with Gasteiger partial charge in [-0.1, -0.05) is 20.8 Å². The van der Waals surface area contributed by atoms with Crippen LogP contribution in [-0.2, 0) is 17.8 Å². The molecular weight excluding hydrogens is 535 g/mol. The zero-order chi connectivity index (χ0) is 22.2. The average molecular weight is 577 g/mol. The van der Waals surface area contributed by atoms with Crippen LogP contribution in [0.25, 0.3) is 0 Å². The van der Waals surface area contributed by atoms with Gasteiger partial charge >= 0.3 is 0 Å². The standard InChI is InChI=1S/C23H40N6OS.HI/c1-5-21-26-20(16-31-21)14-28-10-7-18(8-11-28)13-25-23(24-6-2)27-19-9-12-29(15-19)22(30)17(3)4;/h16-19H,5-15H2,1-4H3,(H2,24,25,27);1H. The summed E-state index contributed by atoms with van der Waals surface area (Å²) in [5, 5.41) is 10.4. The first-order valence-corrected chi connectivity index (χ1v) is 12.9. The Labute approximate surface area is 214 Å². The summed E-state index contributed by atoms with van der Waals surface area (Å²) in [7, 11) is 0. The Morgan fingerprint density at radius 2 is 2.00 bits per heavy atom. The number of aliphatic imine (C=N–C) groups is 1. The smallest absolute Gasteiger partial charge is 0.225 e. The van der Waals surface area contributed by atoms with Crippen molar-refractivity contribution in [2.24, 2.45) is 16.8 Å². The van der Waals surface area contributed by atoms with Crippen LogP contribution in [-0.4, -0.2) is 72.0 Å². The third kappa shape index (κ3) is 8.13. The van der Waals surface area contributed by atoms with Crippen LogP contribution < -0.4 is 10.6 Å². The molecule has 0 radical (unpaired) electrons. The lowest BCUT2D eigenvalue weighted by atomic mass is 9.97. The largest absolute Gasteiger partial charge is 0.357 e. The maximum Gasteiger partial charge on any atom is 0.225 e. The summed E-state index contributed by atoms with van der Waals surface area (Å²) in [6.07, 6.45) is 4.39. The van der Waals surface area contributed by atoms with Gasteiger partial charge in [0.2, 0.25) is 5.91 Å². The lowest BCUT2D eigenvalue weighted by Crippen LogP contribution is -2.45. The SMILES string of the molecule is CCNC(=NCC1CCN(Cc2csc(CC)n2)CC1)NC1CCN(C(=O)C(C)C)C1.I. The summed E-state index contributed by atoms with van der Waals surface area (Å²) in [5.41, 5.74) is 1.22. The van der Waals surface area contributed by atoms with Gasteiger partial charge in [-0.15, -0.1) is 35.3 Å². The molecular formula is C23H41IN6OS. The summed E-state index contributed by atoms with van der Waals surface area (Å²) >= 11 is 1.78. The zero-order valence-corrected chi connectivity index (χ0v) is 23.2. The Hall–Kier alpha value is -0.940. The van der Waals surface area contributed by atoms with Crippen LogP contribution in [0.15, 0.2) is 10.4 Å². The summed E-state index contributed by atoms with van der Waals surface area (Å²) < 4.78 is 0. The molecule has 3 heterocycles. The van der Waals surface area contributed by atoms with Gasteiger partial charge < -0.3 is 15.5 Å². The van der Waals surface area contributed by atoms with Crippen LogP contribution in [0.2, 0.25) is 0 Å². The fraction of sp³-hybridized carbons (Fsp3) is 0.783.